The van der Waals surface area contributed by atoms with E-state index in [1.54, 1.807) is 11.8 Å². The molecule has 25 heavy (non-hydrogen) atoms. The first-order chi connectivity index (χ1) is 12.2. The predicted octanol–water partition coefficient (Wildman–Crippen LogP) is 5.59. The Morgan fingerprint density at radius 3 is 2.60 bits per heavy atom. The van der Waals surface area contributed by atoms with E-state index in [1.165, 1.54) is 0 Å². The summed E-state index contributed by atoms with van der Waals surface area (Å²) in [5.41, 5.74) is 1.09. The van der Waals surface area contributed by atoms with Crippen molar-refractivity contribution in [3.05, 3.63) is 69.4 Å². The Balaban J connectivity index is 1.66. The van der Waals surface area contributed by atoms with Crippen LogP contribution in [0, 0.1) is 0 Å². The molecule has 7 heteroatoms. The third-order valence-electron chi connectivity index (χ3n) is 3.61. The Hall–Kier alpha value is -1.50. The van der Waals surface area contributed by atoms with Crippen molar-refractivity contribution in [2.45, 2.75) is 31.0 Å². The third-order valence-corrected chi connectivity index (χ3v) is 5.52. The third kappa shape index (κ3) is 4.77. The number of nitrogens with zero attached hydrogens (tertiary/aromatic N) is 3. The number of rotatable bonds is 7. The Kier molecular flexibility index (Phi) is 6.39. The van der Waals surface area contributed by atoms with Crippen molar-refractivity contribution in [2.75, 3.05) is 0 Å². The van der Waals surface area contributed by atoms with Gasteiger partial charge in [0.2, 0.25) is 0 Å². The predicted molar refractivity (Wildman–Crippen MR) is 105 cm³/mol. The van der Waals surface area contributed by atoms with Crippen molar-refractivity contribution in [1.29, 1.82) is 0 Å². The molecule has 0 aliphatic heterocycles. The quantitative estimate of drug-likeness (QED) is 0.451. The molecule has 4 nitrogen and oxygen atoms in total. The topological polar surface area (TPSA) is 39.9 Å². The minimum atomic E-state index is 0.384. The fraction of sp³-hybridized carbons (Fsp3) is 0.222. The van der Waals surface area contributed by atoms with Crippen molar-refractivity contribution in [2.24, 2.45) is 0 Å². The average molecular weight is 439 g/mol. The van der Waals surface area contributed by atoms with E-state index in [0.29, 0.717) is 6.61 Å². The first kappa shape index (κ1) is 18.3. The van der Waals surface area contributed by atoms with E-state index in [-0.39, 0.29) is 0 Å². The van der Waals surface area contributed by atoms with Crippen LogP contribution in [-0.4, -0.2) is 14.8 Å². The summed E-state index contributed by atoms with van der Waals surface area (Å²) < 4.78 is 8.90. The second-order valence-electron chi connectivity index (χ2n) is 5.27. The lowest BCUT2D eigenvalue weighted by molar-refractivity contribution is 0.288. The lowest BCUT2D eigenvalue weighted by Gasteiger charge is -2.09. The van der Waals surface area contributed by atoms with Gasteiger partial charge >= 0.3 is 0 Å². The highest BCUT2D eigenvalue weighted by molar-refractivity contribution is 9.10. The van der Waals surface area contributed by atoms with E-state index in [0.717, 1.165) is 44.1 Å². The molecule has 0 radical (unpaired) electrons. The molecule has 0 fully saturated rings. The fourth-order valence-corrected chi connectivity index (χ4v) is 3.86. The monoisotopic (exact) mass is 437 g/mol. The van der Waals surface area contributed by atoms with E-state index >= 15 is 0 Å². The van der Waals surface area contributed by atoms with Gasteiger partial charge in [0, 0.05) is 21.8 Å². The summed E-state index contributed by atoms with van der Waals surface area (Å²) in [6, 6.07) is 15.6. The van der Waals surface area contributed by atoms with Crippen LogP contribution in [0.1, 0.15) is 18.3 Å². The molecule has 1 aromatic heterocycles. The number of hydrogen-bond donors (Lipinski definition) is 0. The number of hydrogen-bond acceptors (Lipinski definition) is 4. The zero-order valence-electron chi connectivity index (χ0n) is 13.7. The molecule has 0 N–H and O–H groups in total. The van der Waals surface area contributed by atoms with Crippen LogP contribution < -0.4 is 4.74 Å². The molecule has 0 saturated heterocycles. The summed E-state index contributed by atoms with van der Waals surface area (Å²) in [6.07, 6.45) is 0. The summed E-state index contributed by atoms with van der Waals surface area (Å²) in [5, 5.41) is 10.2. The molecule has 3 rings (SSSR count). The van der Waals surface area contributed by atoms with E-state index < -0.39 is 0 Å². The molecular weight excluding hydrogens is 422 g/mol. The number of halogens is 2. The highest BCUT2D eigenvalue weighted by Gasteiger charge is 2.12. The summed E-state index contributed by atoms with van der Waals surface area (Å²) in [4.78, 5) is 0. The van der Waals surface area contributed by atoms with Gasteiger partial charge in [-0.15, -0.1) is 10.2 Å². The van der Waals surface area contributed by atoms with Crippen LogP contribution in [-0.2, 0) is 18.9 Å². The smallest absolute Gasteiger partial charge is 0.191 e. The molecule has 0 unspecified atom stereocenters. The van der Waals surface area contributed by atoms with Gasteiger partial charge in [-0.1, -0.05) is 57.5 Å². The highest BCUT2D eigenvalue weighted by Crippen LogP contribution is 2.26. The molecule has 0 aliphatic rings. The Bertz CT molecular complexity index is 839. The Morgan fingerprint density at radius 1 is 1.12 bits per heavy atom. The molecule has 0 amide bonds. The number of aromatic nitrogens is 3. The van der Waals surface area contributed by atoms with Crippen LogP contribution in [0.25, 0.3) is 0 Å². The molecule has 0 saturated carbocycles. The SMILES string of the molecule is CCn1c(COc2ccc(Br)cc2)nnc1SCc1ccccc1Cl. The lowest BCUT2D eigenvalue weighted by Crippen LogP contribution is -2.07. The minimum absolute atomic E-state index is 0.384. The van der Waals surface area contributed by atoms with Crippen LogP contribution in [0.4, 0.5) is 0 Å². The second kappa shape index (κ2) is 8.74. The van der Waals surface area contributed by atoms with E-state index in [1.807, 2.05) is 48.5 Å². The largest absolute Gasteiger partial charge is 0.486 e. The first-order valence-electron chi connectivity index (χ1n) is 7.84. The van der Waals surface area contributed by atoms with Gasteiger partial charge in [0.15, 0.2) is 11.0 Å². The van der Waals surface area contributed by atoms with Crippen molar-refractivity contribution in [3.8, 4) is 5.75 Å². The van der Waals surface area contributed by atoms with Crippen LogP contribution in [0.15, 0.2) is 58.2 Å². The van der Waals surface area contributed by atoms with Gasteiger partial charge in [-0.3, -0.25) is 0 Å². The van der Waals surface area contributed by atoms with Crippen molar-refractivity contribution >= 4 is 39.3 Å². The highest BCUT2D eigenvalue weighted by atomic mass is 79.9. The van der Waals surface area contributed by atoms with Crippen LogP contribution in [0.2, 0.25) is 5.02 Å². The van der Waals surface area contributed by atoms with Crippen molar-refractivity contribution < 1.29 is 4.74 Å². The molecule has 0 aliphatic carbocycles. The lowest BCUT2D eigenvalue weighted by atomic mass is 10.2. The van der Waals surface area contributed by atoms with E-state index in [9.17, 15) is 0 Å². The van der Waals surface area contributed by atoms with E-state index in [4.69, 9.17) is 16.3 Å². The molecule has 0 spiro atoms. The van der Waals surface area contributed by atoms with Crippen molar-refractivity contribution in [1.82, 2.24) is 14.8 Å². The maximum absolute atomic E-state index is 6.22. The number of thioether (sulfide) groups is 1. The van der Waals surface area contributed by atoms with Gasteiger partial charge in [-0.05, 0) is 42.8 Å². The molecule has 0 bridgehead atoms. The standard InChI is InChI=1S/C18H17BrClN3OS/c1-2-23-17(11-24-15-9-7-14(19)8-10-15)21-22-18(23)25-12-13-5-3-4-6-16(13)20/h3-10H,2,11-12H2,1H3. The first-order valence-corrected chi connectivity index (χ1v) is 9.99. The van der Waals surface area contributed by atoms with Gasteiger partial charge in [-0.2, -0.15) is 0 Å². The number of ether oxygens (including phenoxy) is 1. The fourth-order valence-electron chi connectivity index (χ4n) is 2.29. The van der Waals surface area contributed by atoms with Gasteiger partial charge in [0.1, 0.15) is 12.4 Å². The van der Waals surface area contributed by atoms with Crippen LogP contribution in [0.5, 0.6) is 5.75 Å². The zero-order valence-corrected chi connectivity index (χ0v) is 16.8. The Morgan fingerprint density at radius 2 is 1.88 bits per heavy atom. The summed E-state index contributed by atoms with van der Waals surface area (Å²) >= 11 is 11.3. The Labute approximate surface area is 164 Å². The molecule has 1 heterocycles. The van der Waals surface area contributed by atoms with Gasteiger partial charge in [0.05, 0.1) is 0 Å². The maximum Gasteiger partial charge on any atom is 0.191 e. The van der Waals surface area contributed by atoms with Gasteiger partial charge in [-0.25, -0.2) is 0 Å². The summed E-state index contributed by atoms with van der Waals surface area (Å²) in [6.45, 7) is 3.25. The van der Waals surface area contributed by atoms with Crippen LogP contribution in [0.3, 0.4) is 0 Å². The molecule has 3 aromatic rings. The summed E-state index contributed by atoms with van der Waals surface area (Å²) in [7, 11) is 0. The van der Waals surface area contributed by atoms with Crippen LogP contribution >= 0.6 is 39.3 Å². The van der Waals surface area contributed by atoms with E-state index in [2.05, 4.69) is 37.6 Å². The van der Waals surface area contributed by atoms with Gasteiger partial charge in [0.25, 0.3) is 0 Å². The second-order valence-corrected chi connectivity index (χ2v) is 7.53. The number of benzene rings is 2. The van der Waals surface area contributed by atoms with Crippen molar-refractivity contribution in [3.63, 3.8) is 0 Å². The molecular formula is C18H17BrClN3OS. The maximum atomic E-state index is 6.22. The normalized spacial score (nSPS) is 10.8. The average Bonchev–Trinajstić information content (AvgIpc) is 3.02. The summed E-state index contributed by atoms with van der Waals surface area (Å²) in [5.74, 6) is 2.37. The minimum Gasteiger partial charge on any atom is -0.486 e. The molecule has 0 atom stereocenters. The molecule has 130 valence electrons. The van der Waals surface area contributed by atoms with Gasteiger partial charge < -0.3 is 9.30 Å². The molecule has 2 aromatic carbocycles. The zero-order chi connectivity index (χ0) is 17.6.